The molecule has 0 radical (unpaired) electrons. The van der Waals surface area contributed by atoms with Crippen molar-refractivity contribution in [2.75, 3.05) is 18.9 Å². The van der Waals surface area contributed by atoms with Crippen LogP contribution in [0.2, 0.25) is 0 Å². The lowest BCUT2D eigenvalue weighted by Gasteiger charge is -2.33. The SMILES string of the molecule is CC1(Cn2nnnc2-c2ccc(F)c(N)c2)CCOCC1. The third-order valence-electron chi connectivity index (χ3n) is 4.02. The number of ether oxygens (including phenoxy) is 1. The van der Waals surface area contributed by atoms with Crippen LogP contribution in [0.4, 0.5) is 10.1 Å². The van der Waals surface area contributed by atoms with E-state index < -0.39 is 5.82 Å². The van der Waals surface area contributed by atoms with Gasteiger partial charge in [0.25, 0.3) is 0 Å². The van der Waals surface area contributed by atoms with Gasteiger partial charge in [-0.1, -0.05) is 6.92 Å². The van der Waals surface area contributed by atoms with Crippen molar-refractivity contribution in [3.05, 3.63) is 24.0 Å². The smallest absolute Gasteiger partial charge is 0.182 e. The predicted molar refractivity (Wildman–Crippen MR) is 75.8 cm³/mol. The van der Waals surface area contributed by atoms with Gasteiger partial charge in [0.1, 0.15) is 5.82 Å². The third-order valence-corrected chi connectivity index (χ3v) is 4.02. The first-order chi connectivity index (χ1) is 10.1. The van der Waals surface area contributed by atoms with Gasteiger partial charge in [-0.15, -0.1) is 5.10 Å². The van der Waals surface area contributed by atoms with E-state index in [1.165, 1.54) is 6.07 Å². The van der Waals surface area contributed by atoms with E-state index >= 15 is 0 Å². The molecule has 6 nitrogen and oxygen atoms in total. The summed E-state index contributed by atoms with van der Waals surface area (Å²) in [4.78, 5) is 0. The summed E-state index contributed by atoms with van der Waals surface area (Å²) in [7, 11) is 0. The molecule has 0 amide bonds. The zero-order valence-corrected chi connectivity index (χ0v) is 11.9. The maximum Gasteiger partial charge on any atom is 0.182 e. The highest BCUT2D eigenvalue weighted by atomic mass is 19.1. The van der Waals surface area contributed by atoms with Crippen LogP contribution in [0.5, 0.6) is 0 Å². The highest BCUT2D eigenvalue weighted by Gasteiger charge is 2.29. The Bertz CT molecular complexity index is 636. The number of tetrazole rings is 1. The Kier molecular flexibility index (Phi) is 3.59. The predicted octanol–water partition coefficient (Wildman–Crippen LogP) is 1.88. The van der Waals surface area contributed by atoms with Crippen LogP contribution < -0.4 is 5.73 Å². The minimum atomic E-state index is -0.436. The van der Waals surface area contributed by atoms with E-state index in [1.807, 2.05) is 0 Å². The normalized spacial score (nSPS) is 17.8. The Balaban J connectivity index is 1.88. The second-order valence-corrected chi connectivity index (χ2v) is 5.82. The van der Waals surface area contributed by atoms with E-state index in [0.29, 0.717) is 12.4 Å². The molecule has 0 atom stereocenters. The summed E-state index contributed by atoms with van der Waals surface area (Å²) in [5.74, 6) is 0.170. The largest absolute Gasteiger partial charge is 0.396 e. The molecular weight excluding hydrogens is 273 g/mol. The van der Waals surface area contributed by atoms with E-state index in [4.69, 9.17) is 10.5 Å². The number of hydrogen-bond donors (Lipinski definition) is 1. The minimum absolute atomic E-state index is 0.0966. The van der Waals surface area contributed by atoms with Crippen molar-refractivity contribution < 1.29 is 9.13 Å². The summed E-state index contributed by atoms with van der Waals surface area (Å²) >= 11 is 0. The van der Waals surface area contributed by atoms with Gasteiger partial charge in [-0.3, -0.25) is 0 Å². The van der Waals surface area contributed by atoms with Gasteiger partial charge in [-0.25, -0.2) is 9.07 Å². The number of hydrogen-bond acceptors (Lipinski definition) is 5. The molecule has 0 bridgehead atoms. The van der Waals surface area contributed by atoms with Crippen molar-refractivity contribution in [3.63, 3.8) is 0 Å². The Hall–Kier alpha value is -2.02. The fraction of sp³-hybridized carbons (Fsp3) is 0.500. The molecule has 1 aliphatic rings. The topological polar surface area (TPSA) is 78.9 Å². The van der Waals surface area contributed by atoms with Crippen LogP contribution in [0.1, 0.15) is 19.8 Å². The van der Waals surface area contributed by atoms with Crippen LogP contribution in [0.15, 0.2) is 18.2 Å². The van der Waals surface area contributed by atoms with Gasteiger partial charge in [0, 0.05) is 18.8 Å². The van der Waals surface area contributed by atoms with Crippen molar-refractivity contribution in [1.29, 1.82) is 0 Å². The van der Waals surface area contributed by atoms with Crippen molar-refractivity contribution in [1.82, 2.24) is 20.2 Å². The quantitative estimate of drug-likeness (QED) is 0.873. The molecule has 21 heavy (non-hydrogen) atoms. The first kappa shape index (κ1) is 13.9. The Labute approximate surface area is 122 Å². The fourth-order valence-electron chi connectivity index (χ4n) is 2.58. The van der Waals surface area contributed by atoms with E-state index in [9.17, 15) is 4.39 Å². The standard InChI is InChI=1S/C14H18FN5O/c1-14(4-6-21-7-5-14)9-20-13(17-18-19-20)10-2-3-11(15)12(16)8-10/h2-3,8H,4-7,9,16H2,1H3. The molecule has 1 aromatic heterocycles. The van der Waals surface area contributed by atoms with Crippen LogP contribution in [0.3, 0.4) is 0 Å². The molecule has 0 saturated carbocycles. The van der Waals surface area contributed by atoms with Gasteiger partial charge < -0.3 is 10.5 Å². The van der Waals surface area contributed by atoms with Crippen LogP contribution in [-0.2, 0) is 11.3 Å². The summed E-state index contributed by atoms with van der Waals surface area (Å²) < 4.78 is 20.4. The zero-order chi connectivity index (χ0) is 14.9. The van der Waals surface area contributed by atoms with Gasteiger partial charge in [0.15, 0.2) is 5.82 Å². The van der Waals surface area contributed by atoms with Crippen molar-refractivity contribution >= 4 is 5.69 Å². The highest BCUT2D eigenvalue weighted by molar-refractivity contribution is 5.61. The lowest BCUT2D eigenvalue weighted by molar-refractivity contribution is 0.0138. The molecule has 0 spiro atoms. The summed E-state index contributed by atoms with van der Waals surface area (Å²) in [6.07, 6.45) is 1.94. The van der Waals surface area contributed by atoms with Crippen molar-refractivity contribution in [2.45, 2.75) is 26.3 Å². The summed E-state index contributed by atoms with van der Waals surface area (Å²) in [6.45, 7) is 4.44. The first-order valence-electron chi connectivity index (χ1n) is 6.97. The number of nitrogens with two attached hydrogens (primary N) is 1. The first-order valence-corrected chi connectivity index (χ1v) is 6.97. The molecule has 2 aromatic rings. The van der Waals surface area contributed by atoms with Crippen LogP contribution in [-0.4, -0.2) is 33.4 Å². The van der Waals surface area contributed by atoms with Gasteiger partial charge in [0.05, 0.1) is 12.2 Å². The maximum absolute atomic E-state index is 13.3. The highest BCUT2D eigenvalue weighted by Crippen LogP contribution is 2.32. The lowest BCUT2D eigenvalue weighted by atomic mass is 9.82. The van der Waals surface area contributed by atoms with Crippen LogP contribution in [0, 0.1) is 11.2 Å². The lowest BCUT2D eigenvalue weighted by Crippen LogP contribution is -2.31. The third kappa shape index (κ3) is 2.87. The Morgan fingerprint density at radius 2 is 2.14 bits per heavy atom. The second-order valence-electron chi connectivity index (χ2n) is 5.82. The van der Waals surface area contributed by atoms with Gasteiger partial charge in [0.2, 0.25) is 0 Å². The minimum Gasteiger partial charge on any atom is -0.396 e. The average Bonchev–Trinajstić information content (AvgIpc) is 2.90. The molecule has 1 saturated heterocycles. The summed E-state index contributed by atoms with van der Waals surface area (Å²) in [5.41, 5.74) is 6.54. The second kappa shape index (κ2) is 5.40. The summed E-state index contributed by atoms with van der Waals surface area (Å²) in [6, 6.07) is 4.53. The van der Waals surface area contributed by atoms with Crippen molar-refractivity contribution in [2.24, 2.45) is 5.41 Å². The van der Waals surface area contributed by atoms with E-state index in [0.717, 1.165) is 31.6 Å². The molecule has 0 unspecified atom stereocenters. The van der Waals surface area contributed by atoms with Crippen LogP contribution >= 0.6 is 0 Å². The maximum atomic E-state index is 13.3. The molecule has 2 heterocycles. The molecular formula is C14H18FN5O. The number of halogens is 1. The fourth-order valence-corrected chi connectivity index (χ4v) is 2.58. The monoisotopic (exact) mass is 291 g/mol. The zero-order valence-electron chi connectivity index (χ0n) is 11.9. The van der Waals surface area contributed by atoms with E-state index in [1.54, 1.807) is 16.8 Å². The molecule has 112 valence electrons. The number of nitrogens with zero attached hydrogens (tertiary/aromatic N) is 4. The van der Waals surface area contributed by atoms with Gasteiger partial charge >= 0.3 is 0 Å². The number of anilines is 1. The number of nitrogen functional groups attached to an aromatic ring is 1. The number of benzene rings is 1. The van der Waals surface area contributed by atoms with E-state index in [2.05, 4.69) is 22.4 Å². The molecule has 3 rings (SSSR count). The van der Waals surface area contributed by atoms with Crippen LogP contribution in [0.25, 0.3) is 11.4 Å². The van der Waals surface area contributed by atoms with Crippen molar-refractivity contribution in [3.8, 4) is 11.4 Å². The van der Waals surface area contributed by atoms with E-state index in [-0.39, 0.29) is 11.1 Å². The molecule has 2 N–H and O–H groups in total. The molecule has 7 heteroatoms. The Morgan fingerprint density at radius 1 is 1.38 bits per heavy atom. The average molecular weight is 291 g/mol. The molecule has 1 aliphatic heterocycles. The molecule has 1 aromatic carbocycles. The molecule has 1 fully saturated rings. The van der Waals surface area contributed by atoms with Gasteiger partial charge in [-0.05, 0) is 46.9 Å². The Morgan fingerprint density at radius 3 is 2.86 bits per heavy atom. The van der Waals surface area contributed by atoms with Gasteiger partial charge in [-0.2, -0.15) is 0 Å². The number of aromatic nitrogens is 4. The number of rotatable bonds is 3. The molecule has 0 aliphatic carbocycles. The summed E-state index contributed by atoms with van der Waals surface area (Å²) in [5, 5.41) is 11.9.